The largest absolute Gasteiger partial charge is 0.384 e. The number of carbonyl (C=O) groups excluding carboxylic acids is 1. The maximum absolute atomic E-state index is 10.8. The molecule has 2 heteroatoms. The lowest BCUT2D eigenvalue weighted by Gasteiger charge is -2.41. The fourth-order valence-corrected chi connectivity index (χ4v) is 1.73. The monoisotopic (exact) mass is 156 g/mol. The van der Waals surface area contributed by atoms with Crippen molar-refractivity contribution in [3.63, 3.8) is 0 Å². The van der Waals surface area contributed by atoms with Gasteiger partial charge in [-0.15, -0.1) is 0 Å². The molecule has 11 heavy (non-hydrogen) atoms. The van der Waals surface area contributed by atoms with Gasteiger partial charge in [-0.05, 0) is 18.8 Å². The van der Waals surface area contributed by atoms with Gasteiger partial charge in [-0.25, -0.2) is 0 Å². The first kappa shape index (κ1) is 8.72. The maximum Gasteiger partial charge on any atom is 0.126 e. The molecule has 0 spiro atoms. The molecule has 1 rings (SSSR count). The predicted octanol–water partition coefficient (Wildman–Crippen LogP) is 1.64. The summed E-state index contributed by atoms with van der Waals surface area (Å²) in [5.41, 5.74) is -0.0317. The van der Waals surface area contributed by atoms with E-state index < -0.39 is 0 Å². The number of rotatable bonds is 4. The first-order chi connectivity index (χ1) is 5.25. The van der Waals surface area contributed by atoms with Gasteiger partial charge in [0.1, 0.15) is 6.29 Å². The lowest BCUT2D eigenvalue weighted by molar-refractivity contribution is -0.126. The van der Waals surface area contributed by atoms with Gasteiger partial charge in [0.05, 0.1) is 0 Å². The zero-order valence-corrected chi connectivity index (χ0v) is 7.30. The summed E-state index contributed by atoms with van der Waals surface area (Å²) >= 11 is 0. The average Bonchev–Trinajstić information content (AvgIpc) is 1.87. The minimum absolute atomic E-state index is 0.0317. The second kappa shape index (κ2) is 3.35. The lowest BCUT2D eigenvalue weighted by atomic mass is 9.63. The molecule has 64 valence electrons. The Balaban J connectivity index is 2.47. The molecule has 1 fully saturated rings. The highest BCUT2D eigenvalue weighted by atomic mass is 16.5. The Bertz CT molecular complexity index is 138. The normalized spacial score (nSPS) is 23.8. The van der Waals surface area contributed by atoms with E-state index in [1.807, 2.05) is 0 Å². The zero-order valence-electron chi connectivity index (χ0n) is 7.30. The molecule has 0 amide bonds. The smallest absolute Gasteiger partial charge is 0.126 e. The fraction of sp³-hybridized carbons (Fsp3) is 0.889. The van der Waals surface area contributed by atoms with E-state index in [2.05, 4.69) is 6.92 Å². The lowest BCUT2D eigenvalue weighted by Crippen LogP contribution is -2.39. The van der Waals surface area contributed by atoms with Gasteiger partial charge in [-0.1, -0.05) is 13.3 Å². The topological polar surface area (TPSA) is 26.3 Å². The summed E-state index contributed by atoms with van der Waals surface area (Å²) in [5, 5.41) is 0. The second-order valence-electron chi connectivity index (χ2n) is 3.56. The molecule has 1 aliphatic carbocycles. The molecule has 0 aromatic heterocycles. The Labute approximate surface area is 67.9 Å². The third-order valence-electron chi connectivity index (χ3n) is 2.92. The van der Waals surface area contributed by atoms with Crippen molar-refractivity contribution in [2.45, 2.75) is 26.2 Å². The van der Waals surface area contributed by atoms with Crippen LogP contribution in [0.1, 0.15) is 26.2 Å². The number of hydrogen-bond donors (Lipinski definition) is 0. The summed E-state index contributed by atoms with van der Waals surface area (Å²) in [4.78, 5) is 10.8. The summed E-state index contributed by atoms with van der Waals surface area (Å²) in [6.45, 7) is 2.80. The Morgan fingerprint density at radius 3 is 2.55 bits per heavy atom. The molecular weight excluding hydrogens is 140 g/mol. The van der Waals surface area contributed by atoms with Gasteiger partial charge in [0.15, 0.2) is 0 Å². The van der Waals surface area contributed by atoms with Gasteiger partial charge in [0.25, 0.3) is 0 Å². The van der Waals surface area contributed by atoms with E-state index in [9.17, 15) is 4.79 Å². The third kappa shape index (κ3) is 1.45. The Morgan fingerprint density at radius 1 is 1.64 bits per heavy atom. The predicted molar refractivity (Wildman–Crippen MR) is 43.4 cm³/mol. The molecule has 0 radical (unpaired) electrons. The molecule has 1 saturated carbocycles. The molecule has 0 aromatic rings. The number of ether oxygens (including phenoxy) is 1. The molecule has 0 bridgehead atoms. The van der Waals surface area contributed by atoms with Crippen molar-refractivity contribution >= 4 is 6.29 Å². The first-order valence-electron chi connectivity index (χ1n) is 4.20. The van der Waals surface area contributed by atoms with E-state index in [4.69, 9.17) is 4.74 Å². The molecular formula is C9H16O2. The van der Waals surface area contributed by atoms with E-state index in [1.165, 1.54) is 6.42 Å². The highest BCUT2D eigenvalue weighted by molar-refractivity contribution is 5.61. The first-order valence-corrected chi connectivity index (χ1v) is 4.20. The van der Waals surface area contributed by atoms with Crippen molar-refractivity contribution < 1.29 is 9.53 Å². The van der Waals surface area contributed by atoms with Crippen LogP contribution >= 0.6 is 0 Å². The molecule has 1 aliphatic rings. The Kier molecular flexibility index (Phi) is 2.66. The number of hydrogen-bond acceptors (Lipinski definition) is 2. The molecule has 2 nitrogen and oxygen atoms in total. The van der Waals surface area contributed by atoms with Crippen LogP contribution in [0.15, 0.2) is 0 Å². The van der Waals surface area contributed by atoms with Gasteiger partial charge >= 0.3 is 0 Å². The highest BCUT2D eigenvalue weighted by Crippen LogP contribution is 2.45. The van der Waals surface area contributed by atoms with Crippen molar-refractivity contribution in [3.05, 3.63) is 0 Å². The van der Waals surface area contributed by atoms with Gasteiger partial charge < -0.3 is 9.53 Å². The minimum Gasteiger partial charge on any atom is -0.384 e. The standard InChI is InChI=1S/C9H16O2/c1-8(6-11-2)9(7-10)4-3-5-9/h7-8H,3-6H2,1-2H3. The van der Waals surface area contributed by atoms with E-state index in [-0.39, 0.29) is 5.41 Å². The van der Waals surface area contributed by atoms with Crippen molar-refractivity contribution in [3.8, 4) is 0 Å². The number of methoxy groups -OCH3 is 1. The van der Waals surface area contributed by atoms with Crippen LogP contribution in [0.4, 0.5) is 0 Å². The SMILES string of the molecule is COCC(C)C1(C=O)CCC1. The fourth-order valence-electron chi connectivity index (χ4n) is 1.73. The highest BCUT2D eigenvalue weighted by Gasteiger charge is 2.41. The Morgan fingerprint density at radius 2 is 2.27 bits per heavy atom. The molecule has 0 aromatic carbocycles. The van der Waals surface area contributed by atoms with Gasteiger partial charge in [-0.2, -0.15) is 0 Å². The zero-order chi connectivity index (χ0) is 8.32. The molecule has 1 unspecified atom stereocenters. The van der Waals surface area contributed by atoms with E-state index in [0.717, 1.165) is 19.1 Å². The quantitative estimate of drug-likeness (QED) is 0.578. The van der Waals surface area contributed by atoms with Gasteiger partial charge in [0.2, 0.25) is 0 Å². The molecule has 0 aliphatic heterocycles. The van der Waals surface area contributed by atoms with Gasteiger partial charge in [-0.3, -0.25) is 0 Å². The van der Waals surface area contributed by atoms with Crippen LogP contribution in [-0.2, 0) is 9.53 Å². The van der Waals surface area contributed by atoms with E-state index in [0.29, 0.717) is 12.5 Å². The molecule has 0 heterocycles. The minimum atomic E-state index is -0.0317. The van der Waals surface area contributed by atoms with Crippen molar-refractivity contribution in [2.75, 3.05) is 13.7 Å². The van der Waals surface area contributed by atoms with Crippen molar-refractivity contribution in [2.24, 2.45) is 11.3 Å². The average molecular weight is 156 g/mol. The van der Waals surface area contributed by atoms with Crippen LogP contribution in [0, 0.1) is 11.3 Å². The third-order valence-corrected chi connectivity index (χ3v) is 2.92. The second-order valence-corrected chi connectivity index (χ2v) is 3.56. The number of carbonyl (C=O) groups is 1. The van der Waals surface area contributed by atoms with Crippen molar-refractivity contribution in [1.82, 2.24) is 0 Å². The van der Waals surface area contributed by atoms with E-state index >= 15 is 0 Å². The van der Waals surface area contributed by atoms with Crippen LogP contribution in [0.2, 0.25) is 0 Å². The molecule has 0 saturated heterocycles. The van der Waals surface area contributed by atoms with E-state index in [1.54, 1.807) is 7.11 Å². The maximum atomic E-state index is 10.8. The summed E-state index contributed by atoms with van der Waals surface area (Å²) in [6, 6.07) is 0. The Hall–Kier alpha value is -0.370. The molecule has 1 atom stereocenters. The van der Waals surface area contributed by atoms with Crippen LogP contribution in [0.25, 0.3) is 0 Å². The van der Waals surface area contributed by atoms with Gasteiger partial charge in [0, 0.05) is 19.1 Å². The summed E-state index contributed by atoms with van der Waals surface area (Å²) < 4.78 is 5.03. The van der Waals surface area contributed by atoms with Crippen LogP contribution in [0.3, 0.4) is 0 Å². The molecule has 0 N–H and O–H groups in total. The van der Waals surface area contributed by atoms with Crippen LogP contribution in [0.5, 0.6) is 0 Å². The summed E-state index contributed by atoms with van der Waals surface area (Å²) in [6.07, 6.45) is 4.44. The number of aldehydes is 1. The summed E-state index contributed by atoms with van der Waals surface area (Å²) in [5.74, 6) is 0.388. The summed E-state index contributed by atoms with van der Waals surface area (Å²) in [7, 11) is 1.69. The van der Waals surface area contributed by atoms with Crippen LogP contribution in [-0.4, -0.2) is 20.0 Å². The van der Waals surface area contributed by atoms with Crippen LogP contribution < -0.4 is 0 Å². The van der Waals surface area contributed by atoms with Crippen molar-refractivity contribution in [1.29, 1.82) is 0 Å².